The molecule has 1 saturated heterocycles. The number of hydrogen-bond acceptors (Lipinski definition) is 7. The van der Waals surface area contributed by atoms with E-state index < -0.39 is 10.5 Å². The number of nitrogens with one attached hydrogen (secondary N) is 1. The lowest BCUT2D eigenvalue weighted by Gasteiger charge is -2.33. The molecule has 0 aliphatic carbocycles. The number of ether oxygens (including phenoxy) is 1. The van der Waals surface area contributed by atoms with Gasteiger partial charge in [-0.15, -0.1) is 0 Å². The van der Waals surface area contributed by atoms with Crippen LogP contribution in [0.4, 0.5) is 11.4 Å². The van der Waals surface area contributed by atoms with Gasteiger partial charge in [-0.2, -0.15) is 0 Å². The monoisotopic (exact) mass is 342 g/mol. The fourth-order valence-electron chi connectivity index (χ4n) is 3.01. The number of nitro benzene ring substituents is 1. The van der Waals surface area contributed by atoms with Gasteiger partial charge in [-0.05, 0) is 18.2 Å². The zero-order chi connectivity index (χ0) is 17.4. The lowest BCUT2D eigenvalue weighted by Crippen LogP contribution is -2.38. The van der Waals surface area contributed by atoms with E-state index in [1.165, 1.54) is 12.4 Å². The molecule has 0 bridgehead atoms. The number of hydrogen-bond donors (Lipinski definition) is 1. The molecule has 9 heteroatoms. The van der Waals surface area contributed by atoms with Gasteiger partial charge in [0.1, 0.15) is 17.6 Å². The second-order valence-corrected chi connectivity index (χ2v) is 5.67. The predicted molar refractivity (Wildman–Crippen MR) is 88.6 cm³/mol. The van der Waals surface area contributed by atoms with E-state index in [4.69, 9.17) is 9.15 Å². The van der Waals surface area contributed by atoms with Gasteiger partial charge in [0.2, 0.25) is 0 Å². The molecule has 3 aromatic rings. The van der Waals surface area contributed by atoms with E-state index in [0.29, 0.717) is 36.7 Å². The van der Waals surface area contributed by atoms with E-state index in [0.717, 1.165) is 0 Å². The van der Waals surface area contributed by atoms with Gasteiger partial charge in [0, 0.05) is 12.6 Å². The van der Waals surface area contributed by atoms with Crippen LogP contribution in [0.25, 0.3) is 10.9 Å². The first-order valence-electron chi connectivity index (χ1n) is 7.69. The Morgan fingerprint density at radius 3 is 3.04 bits per heavy atom. The number of nitro groups is 1. The van der Waals surface area contributed by atoms with Crippen LogP contribution in [0.5, 0.6) is 0 Å². The minimum Gasteiger partial charge on any atom is -0.467 e. The molecule has 0 saturated carbocycles. The normalized spacial score (nSPS) is 17.8. The summed E-state index contributed by atoms with van der Waals surface area (Å²) < 4.78 is 11.1. The first kappa shape index (κ1) is 15.3. The number of fused-ring (bicyclic) bond motifs is 1. The molecule has 1 unspecified atom stereocenters. The molecule has 0 amide bonds. The molecule has 128 valence electrons. The van der Waals surface area contributed by atoms with Crippen LogP contribution in [-0.2, 0) is 4.74 Å². The Morgan fingerprint density at radius 1 is 1.40 bits per heavy atom. The lowest BCUT2D eigenvalue weighted by molar-refractivity contribution is -0.384. The molecule has 2 aromatic heterocycles. The highest BCUT2D eigenvalue weighted by atomic mass is 16.6. The highest BCUT2D eigenvalue weighted by Gasteiger charge is 2.29. The molecule has 1 aromatic carbocycles. The number of anilines is 1. The Balaban J connectivity index is 1.78. The molecular formula is C16H14N4O5. The van der Waals surface area contributed by atoms with Crippen LogP contribution < -0.4 is 10.5 Å². The molecule has 3 heterocycles. The Morgan fingerprint density at radius 2 is 2.28 bits per heavy atom. The smallest absolute Gasteiger partial charge is 0.293 e. The van der Waals surface area contributed by atoms with Gasteiger partial charge in [-0.1, -0.05) is 0 Å². The molecule has 1 atom stereocenters. The minimum atomic E-state index is -0.488. The summed E-state index contributed by atoms with van der Waals surface area (Å²) in [7, 11) is 0. The molecule has 1 aliphatic rings. The Hall–Kier alpha value is -3.20. The fraction of sp³-hybridized carbons (Fsp3) is 0.250. The second-order valence-electron chi connectivity index (χ2n) is 5.67. The molecule has 1 fully saturated rings. The maximum atomic E-state index is 11.9. The van der Waals surface area contributed by atoms with Gasteiger partial charge < -0.3 is 19.0 Å². The second kappa shape index (κ2) is 6.02. The van der Waals surface area contributed by atoms with Crippen LogP contribution in [0.15, 0.2) is 46.1 Å². The van der Waals surface area contributed by atoms with Crippen molar-refractivity contribution in [3.63, 3.8) is 0 Å². The van der Waals surface area contributed by atoms with Crippen LogP contribution in [-0.4, -0.2) is 34.6 Å². The lowest BCUT2D eigenvalue weighted by atomic mass is 10.1. The predicted octanol–water partition coefficient (Wildman–Crippen LogP) is 2.00. The number of furan rings is 1. The number of aromatic nitrogens is 2. The van der Waals surface area contributed by atoms with Crippen LogP contribution in [0.2, 0.25) is 0 Å². The Bertz CT molecular complexity index is 982. The topological polar surface area (TPSA) is 114 Å². The average Bonchev–Trinajstić information content (AvgIpc) is 3.16. The average molecular weight is 342 g/mol. The SMILES string of the molecule is O=c1[nH]cnc2cc(N3CCOC(c4ccco4)C3)c([N+](=O)[O-])cc12. The molecular weight excluding hydrogens is 328 g/mol. The van der Waals surface area contributed by atoms with Gasteiger partial charge in [-0.25, -0.2) is 4.98 Å². The van der Waals surface area contributed by atoms with Crippen LogP contribution in [0.1, 0.15) is 11.9 Å². The number of nitrogens with zero attached hydrogens (tertiary/aromatic N) is 3. The third-order valence-corrected chi connectivity index (χ3v) is 4.20. The highest BCUT2D eigenvalue weighted by Crippen LogP contribution is 2.34. The largest absolute Gasteiger partial charge is 0.467 e. The van der Waals surface area contributed by atoms with E-state index in [-0.39, 0.29) is 17.2 Å². The maximum Gasteiger partial charge on any atom is 0.293 e. The third kappa shape index (κ3) is 2.74. The Labute approximate surface area is 141 Å². The zero-order valence-corrected chi connectivity index (χ0v) is 13.0. The van der Waals surface area contributed by atoms with Crippen molar-refractivity contribution in [2.24, 2.45) is 0 Å². The van der Waals surface area contributed by atoms with Crippen molar-refractivity contribution < 1.29 is 14.1 Å². The molecule has 9 nitrogen and oxygen atoms in total. The van der Waals surface area contributed by atoms with Gasteiger partial charge >= 0.3 is 0 Å². The van der Waals surface area contributed by atoms with Gasteiger partial charge in [0.15, 0.2) is 0 Å². The summed E-state index contributed by atoms with van der Waals surface area (Å²) >= 11 is 0. The molecule has 1 N–H and O–H groups in total. The highest BCUT2D eigenvalue weighted by molar-refractivity contribution is 5.87. The maximum absolute atomic E-state index is 11.9. The number of aromatic amines is 1. The van der Waals surface area contributed by atoms with E-state index >= 15 is 0 Å². The molecule has 0 spiro atoms. The standard InChI is InChI=1S/C16H14N4O5/c21-16-10-6-13(20(22)23)12(7-11(10)17-9-18-16)19-3-5-25-15(8-19)14-2-1-4-24-14/h1-2,4,6-7,9,15H,3,5,8H2,(H,17,18,21). The van der Waals surface area contributed by atoms with Gasteiger partial charge in [0.05, 0.1) is 41.6 Å². The first-order chi connectivity index (χ1) is 12.1. The summed E-state index contributed by atoms with van der Waals surface area (Å²) in [4.78, 5) is 31.3. The number of rotatable bonds is 3. The van der Waals surface area contributed by atoms with Crippen LogP contribution >= 0.6 is 0 Å². The molecule has 25 heavy (non-hydrogen) atoms. The summed E-state index contributed by atoms with van der Waals surface area (Å²) in [5.41, 5.74) is 0.280. The van der Waals surface area contributed by atoms with E-state index in [1.54, 1.807) is 18.4 Å². The first-order valence-corrected chi connectivity index (χ1v) is 7.69. The fourth-order valence-corrected chi connectivity index (χ4v) is 3.01. The number of H-pyrrole nitrogens is 1. The molecule has 0 radical (unpaired) electrons. The van der Waals surface area contributed by atoms with E-state index in [9.17, 15) is 14.9 Å². The number of morpholine rings is 1. The van der Waals surface area contributed by atoms with Crippen molar-refractivity contribution in [1.29, 1.82) is 0 Å². The third-order valence-electron chi connectivity index (χ3n) is 4.20. The van der Waals surface area contributed by atoms with Crippen molar-refractivity contribution >= 4 is 22.3 Å². The minimum absolute atomic E-state index is 0.133. The van der Waals surface area contributed by atoms with Crippen molar-refractivity contribution in [2.45, 2.75) is 6.10 Å². The molecule has 1 aliphatic heterocycles. The van der Waals surface area contributed by atoms with E-state index in [2.05, 4.69) is 9.97 Å². The Kier molecular flexibility index (Phi) is 3.69. The van der Waals surface area contributed by atoms with E-state index in [1.807, 2.05) is 11.0 Å². The van der Waals surface area contributed by atoms with Gasteiger partial charge in [-0.3, -0.25) is 14.9 Å². The molecule has 4 rings (SSSR count). The summed E-state index contributed by atoms with van der Waals surface area (Å²) in [5.74, 6) is 0.669. The van der Waals surface area contributed by atoms with Crippen molar-refractivity contribution in [1.82, 2.24) is 9.97 Å². The van der Waals surface area contributed by atoms with Crippen LogP contribution in [0, 0.1) is 10.1 Å². The summed E-state index contributed by atoms with van der Waals surface area (Å²) in [6, 6.07) is 6.43. The quantitative estimate of drug-likeness (QED) is 0.572. The summed E-state index contributed by atoms with van der Waals surface area (Å²) in [6.07, 6.45) is 2.53. The van der Waals surface area contributed by atoms with Crippen molar-refractivity contribution in [3.8, 4) is 0 Å². The van der Waals surface area contributed by atoms with Crippen molar-refractivity contribution in [3.05, 3.63) is 63.1 Å². The zero-order valence-electron chi connectivity index (χ0n) is 13.0. The number of benzene rings is 1. The summed E-state index contributed by atoms with van der Waals surface area (Å²) in [6.45, 7) is 1.30. The summed E-state index contributed by atoms with van der Waals surface area (Å²) in [5, 5.41) is 11.7. The van der Waals surface area contributed by atoms with Crippen molar-refractivity contribution in [2.75, 3.05) is 24.6 Å². The van der Waals surface area contributed by atoms with Gasteiger partial charge in [0.25, 0.3) is 11.2 Å². The van der Waals surface area contributed by atoms with Crippen LogP contribution in [0.3, 0.4) is 0 Å².